The number of rotatable bonds is 9. The van der Waals surface area contributed by atoms with Crippen molar-refractivity contribution in [3.63, 3.8) is 0 Å². The Morgan fingerprint density at radius 3 is 2.54 bits per heavy atom. The molecule has 0 aliphatic rings. The van der Waals surface area contributed by atoms with Crippen LogP contribution in [0.2, 0.25) is 0 Å². The molecule has 198 valence electrons. The standard InChI is InChI=1S/C27H19F2N3O6S/c1-13(33)14-4-6-15(7-5-14)37-12-16-8-9-20(38-16)26(35)32-22-21-17(19-3-2-10-36-19)11-18(24(28)29)31-27(21)39-23(22)25(30)34/h2-11,24H,12H2,1H3,(H2,30,34)(H,32,35). The number of hydrogen-bond donors (Lipinski definition) is 2. The van der Waals surface area contributed by atoms with Crippen LogP contribution in [0.4, 0.5) is 14.5 Å². The van der Waals surface area contributed by atoms with Crippen molar-refractivity contribution in [3.8, 4) is 17.1 Å². The maximum Gasteiger partial charge on any atom is 0.291 e. The first-order valence-corrected chi connectivity index (χ1v) is 12.3. The molecule has 0 unspecified atom stereocenters. The van der Waals surface area contributed by atoms with Crippen LogP contribution in [0.25, 0.3) is 21.5 Å². The maximum atomic E-state index is 13.6. The Morgan fingerprint density at radius 1 is 1.13 bits per heavy atom. The number of thiophene rings is 1. The van der Waals surface area contributed by atoms with Crippen LogP contribution >= 0.6 is 11.3 Å². The van der Waals surface area contributed by atoms with E-state index in [1.54, 1.807) is 42.5 Å². The fraction of sp³-hybridized carbons (Fsp3) is 0.111. The molecule has 3 N–H and O–H groups in total. The second-order valence-corrected chi connectivity index (χ2v) is 9.31. The van der Waals surface area contributed by atoms with Crippen molar-refractivity contribution in [1.82, 2.24) is 4.98 Å². The molecule has 0 fully saturated rings. The Balaban J connectivity index is 1.43. The van der Waals surface area contributed by atoms with E-state index in [0.717, 1.165) is 17.4 Å². The third-order valence-electron chi connectivity index (χ3n) is 5.68. The molecule has 2 amide bonds. The van der Waals surface area contributed by atoms with Gasteiger partial charge in [0.05, 0.1) is 12.0 Å². The van der Waals surface area contributed by atoms with Gasteiger partial charge in [-0.05, 0) is 61.5 Å². The molecule has 5 rings (SSSR count). The van der Waals surface area contributed by atoms with Crippen molar-refractivity contribution in [2.24, 2.45) is 5.73 Å². The third kappa shape index (κ3) is 5.27. The molecule has 0 saturated carbocycles. The number of hydrogen-bond acceptors (Lipinski definition) is 8. The number of halogens is 2. The summed E-state index contributed by atoms with van der Waals surface area (Å²) in [6.07, 6.45) is -1.51. The minimum absolute atomic E-state index is 0.00355. The zero-order chi connectivity index (χ0) is 27.7. The summed E-state index contributed by atoms with van der Waals surface area (Å²) >= 11 is 0.779. The van der Waals surface area contributed by atoms with E-state index in [2.05, 4.69) is 10.3 Å². The average molecular weight is 552 g/mol. The molecule has 0 radical (unpaired) electrons. The number of ketones is 1. The third-order valence-corrected chi connectivity index (χ3v) is 6.78. The molecule has 9 nitrogen and oxygen atoms in total. The second-order valence-electron chi connectivity index (χ2n) is 8.31. The van der Waals surface area contributed by atoms with E-state index in [9.17, 15) is 23.2 Å². The van der Waals surface area contributed by atoms with Gasteiger partial charge in [-0.15, -0.1) is 11.3 Å². The summed E-state index contributed by atoms with van der Waals surface area (Å²) in [5.74, 6) is -0.670. The molecule has 0 atom stereocenters. The summed E-state index contributed by atoms with van der Waals surface area (Å²) in [6.45, 7) is 1.47. The Morgan fingerprint density at radius 2 is 1.90 bits per heavy atom. The Kier molecular flexibility index (Phi) is 6.94. The molecule has 0 spiro atoms. The highest BCUT2D eigenvalue weighted by molar-refractivity contribution is 7.21. The largest absolute Gasteiger partial charge is 0.486 e. The summed E-state index contributed by atoms with van der Waals surface area (Å²) in [6, 6.07) is 13.8. The summed E-state index contributed by atoms with van der Waals surface area (Å²) in [5, 5.41) is 2.85. The number of primary amides is 1. The quantitative estimate of drug-likeness (QED) is 0.207. The molecule has 0 bridgehead atoms. The zero-order valence-electron chi connectivity index (χ0n) is 20.2. The van der Waals surface area contributed by atoms with Gasteiger partial charge < -0.3 is 24.6 Å². The predicted molar refractivity (Wildman–Crippen MR) is 138 cm³/mol. The number of nitrogens with two attached hydrogens (primary N) is 1. The maximum absolute atomic E-state index is 13.6. The van der Waals surface area contributed by atoms with E-state index >= 15 is 0 Å². The first kappa shape index (κ1) is 25.8. The van der Waals surface area contributed by atoms with Gasteiger partial charge in [0.1, 0.15) is 39.3 Å². The number of Topliss-reactive ketones (excluding diaryl/α,β-unsaturated/α-hetero) is 1. The lowest BCUT2D eigenvalue weighted by atomic mass is 10.1. The smallest absolute Gasteiger partial charge is 0.291 e. The molecular weight excluding hydrogens is 532 g/mol. The van der Waals surface area contributed by atoms with E-state index in [1.807, 2.05) is 0 Å². The van der Waals surface area contributed by atoms with E-state index in [0.29, 0.717) is 17.1 Å². The van der Waals surface area contributed by atoms with E-state index in [1.165, 1.54) is 19.3 Å². The van der Waals surface area contributed by atoms with Crippen LogP contribution in [-0.4, -0.2) is 22.6 Å². The molecule has 1 aromatic carbocycles. The van der Waals surface area contributed by atoms with Crippen molar-refractivity contribution >= 4 is 44.8 Å². The number of nitrogens with zero attached hydrogens (tertiary/aromatic N) is 1. The van der Waals surface area contributed by atoms with Crippen molar-refractivity contribution in [2.75, 3.05) is 5.32 Å². The monoisotopic (exact) mass is 551 g/mol. The Labute approximate surface area is 223 Å². The normalized spacial score (nSPS) is 11.2. The molecular formula is C27H19F2N3O6S. The number of alkyl halides is 2. The highest BCUT2D eigenvalue weighted by atomic mass is 32.1. The highest BCUT2D eigenvalue weighted by Crippen LogP contribution is 2.42. The summed E-state index contributed by atoms with van der Waals surface area (Å²) < 4.78 is 43.8. The van der Waals surface area contributed by atoms with Gasteiger partial charge in [0, 0.05) is 16.5 Å². The van der Waals surface area contributed by atoms with Crippen molar-refractivity contribution in [2.45, 2.75) is 20.0 Å². The first-order chi connectivity index (χ1) is 18.7. The Bertz CT molecular complexity index is 1690. The van der Waals surface area contributed by atoms with Crippen LogP contribution in [0.1, 0.15) is 55.4 Å². The Hall–Kier alpha value is -4.84. The van der Waals surface area contributed by atoms with Crippen LogP contribution in [0.15, 0.2) is 69.7 Å². The number of ether oxygens (including phenoxy) is 1. The number of pyridine rings is 1. The number of anilines is 1. The summed E-state index contributed by atoms with van der Waals surface area (Å²) in [7, 11) is 0. The fourth-order valence-electron chi connectivity index (χ4n) is 3.84. The number of furan rings is 2. The lowest BCUT2D eigenvalue weighted by molar-refractivity contribution is 0.0990. The van der Waals surface area contributed by atoms with Crippen molar-refractivity contribution in [1.29, 1.82) is 0 Å². The van der Waals surface area contributed by atoms with Crippen LogP contribution in [0.5, 0.6) is 5.75 Å². The molecule has 5 aromatic rings. The fourth-order valence-corrected chi connectivity index (χ4v) is 4.86. The molecule has 4 heterocycles. The minimum atomic E-state index is -2.88. The van der Waals surface area contributed by atoms with Gasteiger partial charge in [0.15, 0.2) is 11.5 Å². The number of benzene rings is 1. The molecule has 4 aromatic heterocycles. The minimum Gasteiger partial charge on any atom is -0.486 e. The molecule has 12 heteroatoms. The highest BCUT2D eigenvalue weighted by Gasteiger charge is 2.26. The average Bonchev–Trinajstić information content (AvgIpc) is 3.67. The number of carbonyl (C=O) groups excluding carboxylic acids is 3. The lowest BCUT2D eigenvalue weighted by Gasteiger charge is -2.09. The van der Waals surface area contributed by atoms with Crippen molar-refractivity contribution < 1.29 is 36.7 Å². The number of nitrogens with one attached hydrogen (secondary N) is 1. The van der Waals surface area contributed by atoms with Gasteiger partial charge in [0.2, 0.25) is 0 Å². The number of fused-ring (bicyclic) bond motifs is 1. The van der Waals surface area contributed by atoms with Crippen LogP contribution in [0, 0.1) is 0 Å². The topological polar surface area (TPSA) is 138 Å². The van der Waals surface area contributed by atoms with Crippen LogP contribution in [0.3, 0.4) is 0 Å². The second kappa shape index (κ2) is 10.5. The predicted octanol–water partition coefficient (Wildman–Crippen LogP) is 6.22. The first-order valence-electron chi connectivity index (χ1n) is 11.4. The summed E-state index contributed by atoms with van der Waals surface area (Å²) in [4.78, 5) is 40.7. The van der Waals surface area contributed by atoms with Crippen LogP contribution in [-0.2, 0) is 6.61 Å². The molecule has 0 aliphatic carbocycles. The lowest BCUT2D eigenvalue weighted by Crippen LogP contribution is -2.16. The molecule has 0 saturated heterocycles. The van der Waals surface area contributed by atoms with Crippen molar-refractivity contribution in [3.05, 3.63) is 88.5 Å². The van der Waals surface area contributed by atoms with Crippen LogP contribution < -0.4 is 15.8 Å². The van der Waals surface area contributed by atoms with Gasteiger partial charge in [-0.1, -0.05) is 0 Å². The van der Waals surface area contributed by atoms with Gasteiger partial charge in [-0.2, -0.15) is 0 Å². The molecule has 39 heavy (non-hydrogen) atoms. The molecule has 0 aliphatic heterocycles. The summed E-state index contributed by atoms with van der Waals surface area (Å²) in [5.41, 5.74) is 5.79. The van der Waals surface area contributed by atoms with Gasteiger partial charge >= 0.3 is 0 Å². The SMILES string of the molecule is CC(=O)c1ccc(OCc2ccc(C(=O)Nc3c(C(N)=O)sc4nc(C(F)F)cc(-c5ccco5)c34)o2)cc1. The van der Waals surface area contributed by atoms with Gasteiger partial charge in [0.25, 0.3) is 18.2 Å². The number of amides is 2. The number of carbonyl (C=O) groups is 3. The van der Waals surface area contributed by atoms with E-state index in [-0.39, 0.29) is 50.3 Å². The number of aromatic nitrogens is 1. The van der Waals surface area contributed by atoms with E-state index in [4.69, 9.17) is 19.3 Å². The van der Waals surface area contributed by atoms with E-state index < -0.39 is 23.9 Å². The zero-order valence-corrected chi connectivity index (χ0v) is 21.0. The van der Waals surface area contributed by atoms with Gasteiger partial charge in [-0.25, -0.2) is 13.8 Å². The van der Waals surface area contributed by atoms with Gasteiger partial charge in [-0.3, -0.25) is 14.4 Å².